The van der Waals surface area contributed by atoms with Crippen LogP contribution in [0.3, 0.4) is 0 Å². The van der Waals surface area contributed by atoms with E-state index in [1.807, 2.05) is 0 Å². The van der Waals surface area contributed by atoms with Gasteiger partial charge in [0, 0.05) is 6.54 Å². The van der Waals surface area contributed by atoms with Crippen LogP contribution >= 0.6 is 0 Å². The first-order valence-corrected chi connectivity index (χ1v) is 10.4. The highest BCUT2D eigenvalue weighted by Gasteiger charge is 2.31. The van der Waals surface area contributed by atoms with Gasteiger partial charge in [-0.3, -0.25) is 4.79 Å². The van der Waals surface area contributed by atoms with Gasteiger partial charge in [-0.05, 0) is 51.7 Å². The van der Waals surface area contributed by atoms with Crippen molar-refractivity contribution >= 4 is 16.0 Å². The number of rotatable bonds is 6. The molecule has 0 spiro atoms. The molecular formula is C19H29NO4S. The molecule has 0 unspecified atom stereocenters. The molecule has 1 aromatic rings. The van der Waals surface area contributed by atoms with E-state index in [4.69, 9.17) is 4.74 Å². The fraction of sp³-hybridized carbons (Fsp3) is 0.632. The molecule has 1 fully saturated rings. The number of nitrogens with zero attached hydrogens (tertiary/aromatic N) is 1. The van der Waals surface area contributed by atoms with Crippen molar-refractivity contribution in [2.24, 2.45) is 5.92 Å². The molecule has 0 bridgehead atoms. The first kappa shape index (κ1) is 19.9. The molecule has 0 radical (unpaired) electrons. The van der Waals surface area contributed by atoms with Gasteiger partial charge in [-0.1, -0.05) is 37.5 Å². The Labute approximate surface area is 151 Å². The highest BCUT2D eigenvalue weighted by atomic mass is 32.2. The average molecular weight is 368 g/mol. The largest absolute Gasteiger partial charge is 0.459 e. The lowest BCUT2D eigenvalue weighted by Gasteiger charge is -2.29. The van der Waals surface area contributed by atoms with E-state index in [0.717, 1.165) is 25.7 Å². The number of hydrogen-bond acceptors (Lipinski definition) is 4. The number of carbonyl (C=O) groups is 1. The highest BCUT2D eigenvalue weighted by molar-refractivity contribution is 7.89. The van der Waals surface area contributed by atoms with Crippen molar-refractivity contribution in [3.63, 3.8) is 0 Å². The Morgan fingerprint density at radius 2 is 1.72 bits per heavy atom. The van der Waals surface area contributed by atoms with E-state index < -0.39 is 21.6 Å². The zero-order valence-corrected chi connectivity index (χ0v) is 16.2. The van der Waals surface area contributed by atoms with Crippen molar-refractivity contribution in [3.8, 4) is 0 Å². The quantitative estimate of drug-likeness (QED) is 0.721. The van der Waals surface area contributed by atoms with Crippen molar-refractivity contribution in [2.45, 2.75) is 63.4 Å². The van der Waals surface area contributed by atoms with Crippen LogP contribution in [0.2, 0.25) is 0 Å². The van der Waals surface area contributed by atoms with Crippen LogP contribution in [0.15, 0.2) is 35.2 Å². The molecule has 140 valence electrons. The maximum Gasteiger partial charge on any atom is 0.321 e. The topological polar surface area (TPSA) is 63.7 Å². The number of hydrogen-bond donors (Lipinski definition) is 0. The monoisotopic (exact) mass is 367 g/mol. The zero-order chi connectivity index (χ0) is 18.5. The Morgan fingerprint density at radius 3 is 2.28 bits per heavy atom. The molecule has 0 heterocycles. The highest BCUT2D eigenvalue weighted by Crippen LogP contribution is 2.27. The summed E-state index contributed by atoms with van der Waals surface area (Å²) >= 11 is 0. The van der Waals surface area contributed by atoms with E-state index in [-0.39, 0.29) is 11.4 Å². The Bertz CT molecular complexity index is 658. The van der Waals surface area contributed by atoms with Crippen molar-refractivity contribution in [1.82, 2.24) is 4.31 Å². The van der Waals surface area contributed by atoms with Crippen LogP contribution in [0.1, 0.15) is 52.9 Å². The van der Waals surface area contributed by atoms with Crippen LogP contribution in [0, 0.1) is 5.92 Å². The second-order valence-corrected chi connectivity index (χ2v) is 9.64. The lowest BCUT2D eigenvalue weighted by molar-refractivity contribution is -0.155. The van der Waals surface area contributed by atoms with E-state index >= 15 is 0 Å². The molecule has 1 aromatic carbocycles. The number of benzene rings is 1. The van der Waals surface area contributed by atoms with E-state index in [1.54, 1.807) is 51.1 Å². The molecular weight excluding hydrogens is 338 g/mol. The molecule has 0 aromatic heterocycles. The van der Waals surface area contributed by atoms with Crippen molar-refractivity contribution in [2.75, 3.05) is 13.1 Å². The minimum absolute atomic E-state index is 0.217. The Balaban J connectivity index is 2.20. The van der Waals surface area contributed by atoms with Gasteiger partial charge in [0.25, 0.3) is 0 Å². The normalized spacial score (nSPS) is 16.8. The second-order valence-electron chi connectivity index (χ2n) is 7.70. The van der Waals surface area contributed by atoms with Gasteiger partial charge in [0.05, 0.1) is 4.90 Å². The second kappa shape index (κ2) is 8.32. The molecule has 5 nitrogen and oxygen atoms in total. The third-order valence-electron chi connectivity index (χ3n) is 4.29. The molecule has 0 atom stereocenters. The fourth-order valence-corrected chi connectivity index (χ4v) is 4.65. The molecule has 2 rings (SSSR count). The fourth-order valence-electron chi connectivity index (χ4n) is 3.16. The first-order valence-electron chi connectivity index (χ1n) is 8.95. The SMILES string of the molecule is CC(C)(C)OC(=O)CN(CC1CCCCC1)S(=O)(=O)c1ccccc1. The van der Waals surface area contributed by atoms with E-state index in [9.17, 15) is 13.2 Å². The number of ether oxygens (including phenoxy) is 1. The van der Waals surface area contributed by atoms with Gasteiger partial charge >= 0.3 is 5.97 Å². The van der Waals surface area contributed by atoms with E-state index in [0.29, 0.717) is 12.5 Å². The molecule has 1 saturated carbocycles. The van der Waals surface area contributed by atoms with Gasteiger partial charge in [-0.15, -0.1) is 0 Å². The standard InChI is InChI=1S/C19H29NO4S/c1-19(2,3)24-18(21)15-20(14-16-10-6-4-7-11-16)25(22,23)17-12-8-5-9-13-17/h5,8-9,12-13,16H,4,6-7,10-11,14-15H2,1-3H3. The first-order chi connectivity index (χ1) is 11.7. The summed E-state index contributed by atoms with van der Waals surface area (Å²) < 4.78 is 32.7. The Morgan fingerprint density at radius 1 is 1.12 bits per heavy atom. The van der Waals surface area contributed by atoms with Crippen LogP contribution in [0.4, 0.5) is 0 Å². The molecule has 0 N–H and O–H groups in total. The van der Waals surface area contributed by atoms with E-state index in [2.05, 4.69) is 0 Å². The van der Waals surface area contributed by atoms with Gasteiger partial charge in [0.2, 0.25) is 10.0 Å². The van der Waals surface area contributed by atoms with Crippen LogP contribution < -0.4 is 0 Å². The van der Waals surface area contributed by atoms with Gasteiger partial charge in [-0.2, -0.15) is 4.31 Å². The lowest BCUT2D eigenvalue weighted by atomic mass is 9.89. The van der Waals surface area contributed by atoms with Crippen molar-refractivity contribution in [1.29, 1.82) is 0 Å². The van der Waals surface area contributed by atoms with Crippen LogP contribution in [0.5, 0.6) is 0 Å². The van der Waals surface area contributed by atoms with Crippen molar-refractivity contribution < 1.29 is 17.9 Å². The predicted molar refractivity (Wildman–Crippen MR) is 97.6 cm³/mol. The summed E-state index contributed by atoms with van der Waals surface area (Å²) in [6.07, 6.45) is 5.46. The third-order valence-corrected chi connectivity index (χ3v) is 6.12. The molecule has 1 aliphatic rings. The molecule has 0 aliphatic heterocycles. The number of esters is 1. The minimum atomic E-state index is -3.72. The van der Waals surface area contributed by atoms with Gasteiger partial charge in [0.15, 0.2) is 0 Å². The molecule has 1 aliphatic carbocycles. The summed E-state index contributed by atoms with van der Waals surface area (Å²) in [5.41, 5.74) is -0.635. The molecule has 6 heteroatoms. The molecule has 25 heavy (non-hydrogen) atoms. The van der Waals surface area contributed by atoms with Crippen LogP contribution in [0.25, 0.3) is 0 Å². The maximum atomic E-state index is 13.0. The van der Waals surface area contributed by atoms with Crippen LogP contribution in [-0.4, -0.2) is 37.4 Å². The van der Waals surface area contributed by atoms with E-state index in [1.165, 1.54) is 10.7 Å². The Hall–Kier alpha value is -1.40. The summed E-state index contributed by atoms with van der Waals surface area (Å²) in [5, 5.41) is 0. The average Bonchev–Trinajstić information content (AvgIpc) is 2.54. The summed E-state index contributed by atoms with van der Waals surface area (Å²) in [4.78, 5) is 12.5. The number of sulfonamides is 1. The van der Waals surface area contributed by atoms with Crippen molar-refractivity contribution in [3.05, 3.63) is 30.3 Å². The third kappa shape index (κ3) is 6.12. The lowest BCUT2D eigenvalue weighted by Crippen LogP contribution is -2.41. The number of carbonyl (C=O) groups excluding carboxylic acids is 1. The Kier molecular flexibility index (Phi) is 6.63. The molecule has 0 amide bonds. The molecule has 0 saturated heterocycles. The predicted octanol–water partition coefficient (Wildman–Crippen LogP) is 3.60. The summed E-state index contributed by atoms with van der Waals surface area (Å²) in [5.74, 6) is -0.211. The zero-order valence-electron chi connectivity index (χ0n) is 15.4. The van der Waals surface area contributed by atoms with Gasteiger partial charge in [0.1, 0.15) is 12.1 Å². The van der Waals surface area contributed by atoms with Crippen LogP contribution in [-0.2, 0) is 19.6 Å². The maximum absolute atomic E-state index is 13.0. The summed E-state index contributed by atoms with van der Waals surface area (Å²) in [6, 6.07) is 8.30. The summed E-state index contributed by atoms with van der Waals surface area (Å²) in [6.45, 7) is 5.47. The minimum Gasteiger partial charge on any atom is -0.459 e. The smallest absolute Gasteiger partial charge is 0.321 e. The van der Waals surface area contributed by atoms with Gasteiger partial charge < -0.3 is 4.74 Å². The van der Waals surface area contributed by atoms with Gasteiger partial charge in [-0.25, -0.2) is 8.42 Å². The summed E-state index contributed by atoms with van der Waals surface area (Å²) in [7, 11) is -3.72.